The van der Waals surface area contributed by atoms with Gasteiger partial charge in [-0.3, -0.25) is 4.79 Å². The Bertz CT molecular complexity index is 911. The van der Waals surface area contributed by atoms with Crippen molar-refractivity contribution < 1.29 is 13.2 Å². The third-order valence-corrected chi connectivity index (χ3v) is 5.88. The van der Waals surface area contributed by atoms with Crippen LogP contribution in [0.3, 0.4) is 0 Å². The summed E-state index contributed by atoms with van der Waals surface area (Å²) in [5, 5.41) is 0.0722. The molecule has 7 heteroatoms. The van der Waals surface area contributed by atoms with Crippen molar-refractivity contribution in [2.45, 2.75) is 25.3 Å². The molecule has 0 aliphatic carbocycles. The number of carbonyl (C=O) groups is 1. The van der Waals surface area contributed by atoms with Gasteiger partial charge in [-0.1, -0.05) is 35.4 Å². The molecule has 0 heterocycles. The zero-order chi connectivity index (χ0) is 18.8. The number of nitrogens with zero attached hydrogens (tertiary/aromatic N) is 1. The first-order valence-electron chi connectivity index (χ1n) is 7.70. The average Bonchev–Trinajstić information content (AvgIpc) is 2.57. The molecule has 0 aliphatic rings. The van der Waals surface area contributed by atoms with Crippen molar-refractivity contribution in [3.05, 3.63) is 63.7 Å². The molecule has 1 N–H and O–H groups in total. The van der Waals surface area contributed by atoms with Gasteiger partial charge in [0, 0.05) is 19.2 Å². The minimum Gasteiger partial charge on any atom is -0.337 e. The molecule has 0 aliphatic heterocycles. The maximum Gasteiger partial charge on any atom is 0.253 e. The molecule has 2 aromatic carbocycles. The number of carbonyl (C=O) groups excluding carboxylic acids is 1. The molecule has 0 atom stereocenters. The summed E-state index contributed by atoms with van der Waals surface area (Å²) in [6.45, 7) is 4.45. The van der Waals surface area contributed by atoms with Gasteiger partial charge in [0.2, 0.25) is 10.0 Å². The summed E-state index contributed by atoms with van der Waals surface area (Å²) in [4.78, 5) is 14.1. The summed E-state index contributed by atoms with van der Waals surface area (Å²) in [6.07, 6.45) is 0. The number of rotatable bonds is 5. The molecule has 2 aromatic rings. The molecule has 0 radical (unpaired) electrons. The van der Waals surface area contributed by atoms with Crippen molar-refractivity contribution in [2.24, 2.45) is 0 Å². The minimum absolute atomic E-state index is 0.0722. The van der Waals surface area contributed by atoms with E-state index < -0.39 is 10.0 Å². The topological polar surface area (TPSA) is 66.5 Å². The van der Waals surface area contributed by atoms with Crippen LogP contribution in [0, 0.1) is 13.8 Å². The summed E-state index contributed by atoms with van der Waals surface area (Å²) >= 11 is 5.97. The van der Waals surface area contributed by atoms with Crippen molar-refractivity contribution >= 4 is 27.5 Å². The predicted octanol–water partition coefficient (Wildman–Crippen LogP) is 3.14. The lowest BCUT2D eigenvalue weighted by atomic mass is 10.1. The van der Waals surface area contributed by atoms with Gasteiger partial charge in [0.15, 0.2) is 0 Å². The van der Waals surface area contributed by atoms with Crippen molar-refractivity contribution in [1.82, 2.24) is 9.62 Å². The van der Waals surface area contributed by atoms with Gasteiger partial charge in [0.25, 0.3) is 5.91 Å². The van der Waals surface area contributed by atoms with Crippen LogP contribution in [0.1, 0.15) is 27.0 Å². The van der Waals surface area contributed by atoms with E-state index >= 15 is 0 Å². The lowest BCUT2D eigenvalue weighted by Crippen LogP contribution is -2.27. The Morgan fingerprint density at radius 2 is 1.84 bits per heavy atom. The van der Waals surface area contributed by atoms with E-state index in [0.717, 1.165) is 16.7 Å². The molecule has 0 aromatic heterocycles. The first kappa shape index (κ1) is 19.4. The highest BCUT2D eigenvalue weighted by Crippen LogP contribution is 2.23. The van der Waals surface area contributed by atoms with Crippen LogP contribution in [-0.4, -0.2) is 33.3 Å². The number of hydrogen-bond acceptors (Lipinski definition) is 3. The van der Waals surface area contributed by atoms with Gasteiger partial charge in [-0.2, -0.15) is 0 Å². The second-order valence-electron chi connectivity index (χ2n) is 5.94. The maximum atomic E-state index is 12.7. The Balaban J connectivity index is 2.29. The molecule has 0 saturated heterocycles. The quantitative estimate of drug-likeness (QED) is 0.866. The number of hydrogen-bond donors (Lipinski definition) is 1. The van der Waals surface area contributed by atoms with Crippen LogP contribution in [0.5, 0.6) is 0 Å². The Labute approximate surface area is 153 Å². The monoisotopic (exact) mass is 380 g/mol. The van der Waals surface area contributed by atoms with Gasteiger partial charge in [-0.05, 0) is 50.2 Å². The van der Waals surface area contributed by atoms with E-state index in [2.05, 4.69) is 10.8 Å². The molecule has 0 fully saturated rings. The van der Waals surface area contributed by atoms with E-state index in [4.69, 9.17) is 11.6 Å². The molecule has 1 amide bonds. The molecule has 0 unspecified atom stereocenters. The van der Waals surface area contributed by atoms with Crippen LogP contribution in [0.4, 0.5) is 0 Å². The molecular formula is C18H21ClN2O3S. The van der Waals surface area contributed by atoms with Crippen LogP contribution in [-0.2, 0) is 16.6 Å². The standard InChI is InChI=1S/C18H21ClN2O3S/c1-12-5-6-15(13(2)9-12)11-21(4)18(22)14-7-8-16(19)17(10-14)25(23,24)20-3/h5-10,20H,11H2,1-4H3. The molecule has 0 spiro atoms. The fourth-order valence-corrected chi connectivity index (χ4v) is 3.77. The fourth-order valence-electron chi connectivity index (χ4n) is 2.52. The smallest absolute Gasteiger partial charge is 0.253 e. The van der Waals surface area contributed by atoms with Gasteiger partial charge >= 0.3 is 0 Å². The number of aryl methyl sites for hydroxylation is 2. The number of nitrogens with one attached hydrogen (secondary N) is 1. The molecular weight excluding hydrogens is 360 g/mol. The first-order valence-corrected chi connectivity index (χ1v) is 9.56. The second kappa shape index (κ2) is 7.56. The number of halogens is 1. The SMILES string of the molecule is CNS(=O)(=O)c1cc(C(=O)N(C)Cc2ccc(C)cc2C)ccc1Cl. The Kier molecular flexibility index (Phi) is 5.87. The second-order valence-corrected chi connectivity index (χ2v) is 8.21. The largest absolute Gasteiger partial charge is 0.337 e. The van der Waals surface area contributed by atoms with Crippen molar-refractivity contribution in [1.29, 1.82) is 0 Å². The zero-order valence-electron chi connectivity index (χ0n) is 14.6. The lowest BCUT2D eigenvalue weighted by molar-refractivity contribution is 0.0784. The highest BCUT2D eigenvalue weighted by atomic mass is 35.5. The molecule has 5 nitrogen and oxygen atoms in total. The third kappa shape index (κ3) is 4.39. The van der Waals surface area contributed by atoms with Gasteiger partial charge in [0.1, 0.15) is 4.90 Å². The number of sulfonamides is 1. The third-order valence-electron chi connectivity index (χ3n) is 3.99. The van der Waals surface area contributed by atoms with E-state index in [1.807, 2.05) is 26.0 Å². The van der Waals surface area contributed by atoms with E-state index in [0.29, 0.717) is 6.54 Å². The van der Waals surface area contributed by atoms with Crippen LogP contribution in [0.15, 0.2) is 41.3 Å². The van der Waals surface area contributed by atoms with Crippen LogP contribution < -0.4 is 4.72 Å². The summed E-state index contributed by atoms with van der Waals surface area (Å²) in [5.41, 5.74) is 3.58. The Hall–Kier alpha value is -1.89. The maximum absolute atomic E-state index is 12.7. The van der Waals surface area contributed by atoms with Gasteiger partial charge in [-0.25, -0.2) is 13.1 Å². The number of amides is 1. The normalized spacial score (nSPS) is 11.4. The summed E-state index contributed by atoms with van der Waals surface area (Å²) in [6, 6.07) is 10.3. The summed E-state index contributed by atoms with van der Waals surface area (Å²) < 4.78 is 26.2. The fraction of sp³-hybridized carbons (Fsp3) is 0.278. The highest BCUT2D eigenvalue weighted by molar-refractivity contribution is 7.89. The van der Waals surface area contributed by atoms with Crippen LogP contribution in [0.2, 0.25) is 5.02 Å². The average molecular weight is 381 g/mol. The molecule has 0 bridgehead atoms. The van der Waals surface area contributed by atoms with Gasteiger partial charge in [-0.15, -0.1) is 0 Å². The highest BCUT2D eigenvalue weighted by Gasteiger charge is 2.20. The first-order chi connectivity index (χ1) is 11.7. The summed E-state index contributed by atoms with van der Waals surface area (Å²) in [7, 11) is -0.753. The molecule has 134 valence electrons. The number of benzene rings is 2. The molecule has 2 rings (SSSR count). The van der Waals surface area contributed by atoms with E-state index in [-0.39, 0.29) is 21.4 Å². The van der Waals surface area contributed by atoms with Crippen molar-refractivity contribution in [3.8, 4) is 0 Å². The Morgan fingerprint density at radius 3 is 2.44 bits per heavy atom. The predicted molar refractivity (Wildman–Crippen MR) is 99.4 cm³/mol. The van der Waals surface area contributed by atoms with Crippen molar-refractivity contribution in [3.63, 3.8) is 0 Å². The van der Waals surface area contributed by atoms with Crippen molar-refractivity contribution in [2.75, 3.05) is 14.1 Å². The van der Waals surface area contributed by atoms with E-state index in [9.17, 15) is 13.2 Å². The lowest BCUT2D eigenvalue weighted by Gasteiger charge is -2.19. The molecule has 0 saturated carbocycles. The zero-order valence-corrected chi connectivity index (χ0v) is 16.2. The van der Waals surface area contributed by atoms with Gasteiger partial charge < -0.3 is 4.90 Å². The van der Waals surface area contributed by atoms with Crippen LogP contribution >= 0.6 is 11.6 Å². The Morgan fingerprint density at radius 1 is 1.16 bits per heavy atom. The van der Waals surface area contributed by atoms with E-state index in [1.54, 1.807) is 11.9 Å². The van der Waals surface area contributed by atoms with Crippen LogP contribution in [0.25, 0.3) is 0 Å². The molecule has 25 heavy (non-hydrogen) atoms. The van der Waals surface area contributed by atoms with E-state index in [1.165, 1.54) is 25.2 Å². The summed E-state index contributed by atoms with van der Waals surface area (Å²) in [5.74, 6) is -0.274. The van der Waals surface area contributed by atoms with Gasteiger partial charge in [0.05, 0.1) is 5.02 Å². The minimum atomic E-state index is -3.73.